The number of anilines is 2. The van der Waals surface area contributed by atoms with Gasteiger partial charge >= 0.3 is 0 Å². The van der Waals surface area contributed by atoms with E-state index in [-0.39, 0.29) is 6.61 Å². The summed E-state index contributed by atoms with van der Waals surface area (Å²) in [7, 11) is 0. The lowest BCUT2D eigenvalue weighted by Gasteiger charge is -2.06. The monoisotopic (exact) mass is 234 g/mol. The predicted molar refractivity (Wildman–Crippen MR) is 64.9 cm³/mol. The highest BCUT2D eigenvalue weighted by Gasteiger charge is 1.97. The van der Waals surface area contributed by atoms with Crippen LogP contribution in [0.5, 0.6) is 0 Å². The second-order valence-electron chi connectivity index (χ2n) is 3.30. The maximum absolute atomic E-state index is 8.96. The standard InChI is InChI=1S/C12H11ClN2O/c13-9-4-6-10(7-5-9)14-12-3-1-2-11(8-16)15-12/h1-7,16H,8H2,(H,14,15). The first-order valence-corrected chi connectivity index (χ1v) is 5.25. The number of aliphatic hydroxyl groups excluding tert-OH is 1. The Morgan fingerprint density at radius 1 is 1.12 bits per heavy atom. The third-order valence-corrected chi connectivity index (χ3v) is 2.34. The van der Waals surface area contributed by atoms with Gasteiger partial charge in [0.2, 0.25) is 0 Å². The molecule has 2 aromatic rings. The first-order chi connectivity index (χ1) is 7.78. The van der Waals surface area contributed by atoms with Gasteiger partial charge in [-0.25, -0.2) is 4.98 Å². The van der Waals surface area contributed by atoms with Crippen LogP contribution in [0.2, 0.25) is 5.02 Å². The van der Waals surface area contributed by atoms with Crippen LogP contribution in [0.1, 0.15) is 5.69 Å². The molecular formula is C12H11ClN2O. The molecule has 0 radical (unpaired) electrons. The molecule has 3 nitrogen and oxygen atoms in total. The van der Waals surface area contributed by atoms with Crippen LogP contribution < -0.4 is 5.32 Å². The molecule has 0 unspecified atom stereocenters. The number of aromatic nitrogens is 1. The van der Waals surface area contributed by atoms with Gasteiger partial charge in [0.1, 0.15) is 5.82 Å². The molecule has 0 aliphatic carbocycles. The molecule has 0 aliphatic rings. The van der Waals surface area contributed by atoms with Crippen molar-refractivity contribution in [3.63, 3.8) is 0 Å². The van der Waals surface area contributed by atoms with Crippen molar-refractivity contribution in [3.05, 3.63) is 53.2 Å². The maximum Gasteiger partial charge on any atom is 0.130 e. The number of aliphatic hydroxyl groups is 1. The summed E-state index contributed by atoms with van der Waals surface area (Å²) in [6.07, 6.45) is 0. The van der Waals surface area contributed by atoms with Crippen molar-refractivity contribution in [1.29, 1.82) is 0 Å². The number of nitrogens with zero attached hydrogens (tertiary/aromatic N) is 1. The van der Waals surface area contributed by atoms with E-state index in [1.807, 2.05) is 24.3 Å². The van der Waals surface area contributed by atoms with Crippen LogP contribution in [-0.4, -0.2) is 10.1 Å². The lowest BCUT2D eigenvalue weighted by molar-refractivity contribution is 0.277. The summed E-state index contributed by atoms with van der Waals surface area (Å²) < 4.78 is 0. The van der Waals surface area contributed by atoms with Crippen LogP contribution in [0.25, 0.3) is 0 Å². The Hall–Kier alpha value is -1.58. The molecule has 2 N–H and O–H groups in total. The molecule has 16 heavy (non-hydrogen) atoms. The molecule has 82 valence electrons. The number of hydrogen-bond donors (Lipinski definition) is 2. The fourth-order valence-electron chi connectivity index (χ4n) is 1.32. The molecule has 0 fully saturated rings. The van der Waals surface area contributed by atoms with Gasteiger partial charge in [-0.3, -0.25) is 0 Å². The SMILES string of the molecule is OCc1cccc(Nc2ccc(Cl)cc2)n1. The predicted octanol–water partition coefficient (Wildman–Crippen LogP) is 2.97. The second kappa shape index (κ2) is 4.96. The quantitative estimate of drug-likeness (QED) is 0.858. The van der Waals surface area contributed by atoms with E-state index >= 15 is 0 Å². The summed E-state index contributed by atoms with van der Waals surface area (Å²) in [6.45, 7) is -0.0594. The average Bonchev–Trinajstić information content (AvgIpc) is 2.32. The van der Waals surface area contributed by atoms with Crippen molar-refractivity contribution >= 4 is 23.1 Å². The van der Waals surface area contributed by atoms with Crippen LogP contribution in [0.3, 0.4) is 0 Å². The van der Waals surface area contributed by atoms with Crippen molar-refractivity contribution in [2.75, 3.05) is 5.32 Å². The fourth-order valence-corrected chi connectivity index (χ4v) is 1.44. The molecule has 0 saturated carbocycles. The minimum absolute atomic E-state index is 0.0594. The molecule has 0 atom stereocenters. The molecule has 0 spiro atoms. The Morgan fingerprint density at radius 3 is 2.56 bits per heavy atom. The van der Waals surface area contributed by atoms with E-state index in [4.69, 9.17) is 16.7 Å². The van der Waals surface area contributed by atoms with Gasteiger partial charge in [0.25, 0.3) is 0 Å². The topological polar surface area (TPSA) is 45.1 Å². The van der Waals surface area contributed by atoms with Crippen molar-refractivity contribution in [2.45, 2.75) is 6.61 Å². The van der Waals surface area contributed by atoms with Gasteiger partial charge < -0.3 is 10.4 Å². The minimum Gasteiger partial charge on any atom is -0.390 e. The molecule has 2 rings (SSSR count). The number of halogens is 1. The first kappa shape index (κ1) is 10.9. The fraction of sp³-hybridized carbons (Fsp3) is 0.0833. The van der Waals surface area contributed by atoms with E-state index in [2.05, 4.69) is 10.3 Å². The normalized spacial score (nSPS) is 10.1. The zero-order valence-corrected chi connectivity index (χ0v) is 9.28. The Kier molecular flexibility index (Phi) is 3.39. The smallest absolute Gasteiger partial charge is 0.130 e. The van der Waals surface area contributed by atoms with Crippen LogP contribution >= 0.6 is 11.6 Å². The van der Waals surface area contributed by atoms with E-state index in [1.165, 1.54) is 0 Å². The largest absolute Gasteiger partial charge is 0.390 e. The summed E-state index contributed by atoms with van der Waals surface area (Å²) in [5.74, 6) is 0.703. The summed E-state index contributed by atoms with van der Waals surface area (Å²) in [6, 6.07) is 12.8. The summed E-state index contributed by atoms with van der Waals surface area (Å²) in [5, 5.41) is 12.8. The van der Waals surface area contributed by atoms with Gasteiger partial charge in [-0.05, 0) is 36.4 Å². The Morgan fingerprint density at radius 2 is 1.88 bits per heavy atom. The number of rotatable bonds is 3. The lowest BCUT2D eigenvalue weighted by atomic mass is 10.3. The molecule has 0 amide bonds. The molecular weight excluding hydrogens is 224 g/mol. The zero-order valence-electron chi connectivity index (χ0n) is 8.52. The molecule has 0 bridgehead atoms. The third kappa shape index (κ3) is 2.72. The number of hydrogen-bond acceptors (Lipinski definition) is 3. The highest BCUT2D eigenvalue weighted by atomic mass is 35.5. The summed E-state index contributed by atoms with van der Waals surface area (Å²) in [5.41, 5.74) is 1.55. The van der Waals surface area contributed by atoms with E-state index < -0.39 is 0 Å². The van der Waals surface area contributed by atoms with Gasteiger partial charge in [0.15, 0.2) is 0 Å². The summed E-state index contributed by atoms with van der Waals surface area (Å²) >= 11 is 5.79. The maximum atomic E-state index is 8.96. The van der Waals surface area contributed by atoms with Gasteiger partial charge in [-0.1, -0.05) is 17.7 Å². The first-order valence-electron chi connectivity index (χ1n) is 4.87. The highest BCUT2D eigenvalue weighted by Crippen LogP contribution is 2.17. The van der Waals surface area contributed by atoms with Crippen LogP contribution in [0.15, 0.2) is 42.5 Å². The molecule has 1 aromatic heterocycles. The zero-order chi connectivity index (χ0) is 11.4. The van der Waals surface area contributed by atoms with E-state index in [0.717, 1.165) is 5.69 Å². The van der Waals surface area contributed by atoms with E-state index in [1.54, 1.807) is 18.2 Å². The molecule has 1 aromatic carbocycles. The van der Waals surface area contributed by atoms with Crippen LogP contribution in [-0.2, 0) is 6.61 Å². The summed E-state index contributed by atoms with van der Waals surface area (Å²) in [4.78, 5) is 4.21. The van der Waals surface area contributed by atoms with E-state index in [0.29, 0.717) is 16.5 Å². The van der Waals surface area contributed by atoms with Crippen molar-refractivity contribution in [1.82, 2.24) is 4.98 Å². The second-order valence-corrected chi connectivity index (χ2v) is 3.74. The lowest BCUT2D eigenvalue weighted by Crippen LogP contribution is -1.96. The molecule has 4 heteroatoms. The van der Waals surface area contributed by atoms with Gasteiger partial charge in [0.05, 0.1) is 12.3 Å². The van der Waals surface area contributed by atoms with Crippen LogP contribution in [0.4, 0.5) is 11.5 Å². The average molecular weight is 235 g/mol. The highest BCUT2D eigenvalue weighted by molar-refractivity contribution is 6.30. The minimum atomic E-state index is -0.0594. The third-order valence-electron chi connectivity index (χ3n) is 2.09. The van der Waals surface area contributed by atoms with Crippen molar-refractivity contribution in [3.8, 4) is 0 Å². The number of nitrogens with one attached hydrogen (secondary N) is 1. The van der Waals surface area contributed by atoms with Crippen molar-refractivity contribution < 1.29 is 5.11 Å². The van der Waals surface area contributed by atoms with Gasteiger partial charge in [-0.2, -0.15) is 0 Å². The molecule has 0 aliphatic heterocycles. The molecule has 0 saturated heterocycles. The van der Waals surface area contributed by atoms with Gasteiger partial charge in [0, 0.05) is 10.7 Å². The van der Waals surface area contributed by atoms with Gasteiger partial charge in [-0.15, -0.1) is 0 Å². The Balaban J connectivity index is 2.16. The van der Waals surface area contributed by atoms with Crippen molar-refractivity contribution in [2.24, 2.45) is 0 Å². The number of pyridine rings is 1. The Bertz CT molecular complexity index is 471. The number of benzene rings is 1. The van der Waals surface area contributed by atoms with E-state index in [9.17, 15) is 0 Å². The molecule has 1 heterocycles. The van der Waals surface area contributed by atoms with Crippen LogP contribution in [0, 0.1) is 0 Å². The Labute approximate surface area is 98.7 Å².